The molecule has 19 heavy (non-hydrogen) atoms. The van der Waals surface area contributed by atoms with Gasteiger partial charge < -0.3 is 15.1 Å². The lowest BCUT2D eigenvalue weighted by molar-refractivity contribution is 0.0698. The topological polar surface area (TPSA) is 73.7 Å². The summed E-state index contributed by atoms with van der Waals surface area (Å²) in [5.41, 5.74) is 0.185. The maximum Gasteiger partial charge on any atom is 0.337 e. The number of aliphatic hydroxyl groups is 1. The minimum atomic E-state index is -0.992. The van der Waals surface area contributed by atoms with Crippen LogP contribution in [0.25, 0.3) is 10.8 Å². The Balaban J connectivity index is 2.65. The lowest BCUT2D eigenvalue weighted by atomic mass is 10.1. The highest BCUT2D eigenvalue weighted by atomic mass is 16.4. The number of hydrogen-bond donors (Lipinski definition) is 2. The summed E-state index contributed by atoms with van der Waals surface area (Å²) >= 11 is 0. The van der Waals surface area contributed by atoms with Crippen LogP contribution in [0.2, 0.25) is 0 Å². The average Bonchev–Trinajstić information content (AvgIpc) is 2.44. The largest absolute Gasteiger partial charge is 0.478 e. The Hall–Kier alpha value is -2.14. The van der Waals surface area contributed by atoms with Crippen LogP contribution in [-0.2, 0) is 0 Å². The first-order valence-electron chi connectivity index (χ1n) is 6.01. The van der Waals surface area contributed by atoms with Crippen LogP contribution in [0.5, 0.6) is 0 Å². The van der Waals surface area contributed by atoms with E-state index in [1.54, 1.807) is 12.1 Å². The van der Waals surface area contributed by atoms with Crippen molar-refractivity contribution in [1.29, 1.82) is 0 Å². The third kappa shape index (κ3) is 2.37. The van der Waals surface area contributed by atoms with Gasteiger partial charge in [-0.1, -0.05) is 24.3 Å². The zero-order chi connectivity index (χ0) is 14.0. The Morgan fingerprint density at radius 3 is 2.58 bits per heavy atom. The number of pyridine rings is 1. The van der Waals surface area contributed by atoms with Gasteiger partial charge in [0.25, 0.3) is 0 Å². The molecule has 5 nitrogen and oxygen atoms in total. The Morgan fingerprint density at radius 1 is 1.37 bits per heavy atom. The molecule has 0 spiro atoms. The predicted molar refractivity (Wildman–Crippen MR) is 73.7 cm³/mol. The molecule has 2 rings (SSSR count). The summed E-state index contributed by atoms with van der Waals surface area (Å²) in [6.07, 6.45) is 1.36. The van der Waals surface area contributed by atoms with E-state index >= 15 is 0 Å². The second kappa shape index (κ2) is 5.24. The number of benzene rings is 1. The molecule has 1 atom stereocenters. The molecule has 1 heterocycles. The molecule has 0 bridgehead atoms. The summed E-state index contributed by atoms with van der Waals surface area (Å²) in [4.78, 5) is 17.3. The number of carboxylic acid groups (broad SMARTS) is 1. The minimum absolute atomic E-state index is 0.00713. The first kappa shape index (κ1) is 13.3. The normalized spacial score (nSPS) is 12.4. The van der Waals surface area contributed by atoms with E-state index < -0.39 is 5.97 Å². The highest BCUT2D eigenvalue weighted by molar-refractivity contribution is 6.06. The van der Waals surface area contributed by atoms with E-state index in [0.29, 0.717) is 11.2 Å². The van der Waals surface area contributed by atoms with Crippen molar-refractivity contribution < 1.29 is 15.0 Å². The molecule has 0 amide bonds. The third-order valence-corrected chi connectivity index (χ3v) is 3.26. The van der Waals surface area contributed by atoms with E-state index in [-0.39, 0.29) is 18.2 Å². The highest BCUT2D eigenvalue weighted by Gasteiger charge is 2.17. The molecule has 0 saturated heterocycles. The van der Waals surface area contributed by atoms with E-state index in [9.17, 15) is 15.0 Å². The summed E-state index contributed by atoms with van der Waals surface area (Å²) in [5.74, 6) is -0.324. The van der Waals surface area contributed by atoms with Crippen molar-refractivity contribution in [1.82, 2.24) is 4.98 Å². The highest BCUT2D eigenvalue weighted by Crippen LogP contribution is 2.27. The van der Waals surface area contributed by atoms with Gasteiger partial charge in [-0.15, -0.1) is 0 Å². The molecule has 2 N–H and O–H groups in total. The van der Waals surface area contributed by atoms with E-state index in [4.69, 9.17) is 0 Å². The molecule has 2 aromatic rings. The van der Waals surface area contributed by atoms with Crippen LogP contribution in [0.4, 0.5) is 5.82 Å². The summed E-state index contributed by atoms with van der Waals surface area (Å²) in [6.45, 7) is 1.88. The fourth-order valence-electron chi connectivity index (χ4n) is 1.96. The van der Waals surface area contributed by atoms with Gasteiger partial charge in [-0.25, -0.2) is 9.78 Å². The summed E-state index contributed by atoms with van der Waals surface area (Å²) < 4.78 is 0. The van der Waals surface area contributed by atoms with Crippen molar-refractivity contribution >= 4 is 22.6 Å². The van der Waals surface area contributed by atoms with E-state index in [0.717, 1.165) is 5.39 Å². The van der Waals surface area contributed by atoms with Crippen molar-refractivity contribution in [3.8, 4) is 0 Å². The average molecular weight is 260 g/mol. The number of likely N-dealkylation sites (N-methyl/N-ethyl adjacent to an activating group) is 1. The second-order valence-electron chi connectivity index (χ2n) is 4.49. The molecular formula is C14H16N2O3. The molecule has 0 fully saturated rings. The van der Waals surface area contributed by atoms with Crippen LogP contribution in [0.1, 0.15) is 17.3 Å². The van der Waals surface area contributed by atoms with Crippen molar-refractivity contribution in [2.45, 2.75) is 13.0 Å². The fraction of sp³-hybridized carbons (Fsp3) is 0.286. The summed E-state index contributed by atoms with van der Waals surface area (Å²) in [5, 5.41) is 19.8. The molecule has 0 aliphatic heterocycles. The zero-order valence-electron chi connectivity index (χ0n) is 10.9. The lowest BCUT2D eigenvalue weighted by Gasteiger charge is -2.25. The number of carbonyl (C=O) groups is 1. The second-order valence-corrected chi connectivity index (χ2v) is 4.49. The van der Waals surface area contributed by atoms with Gasteiger partial charge in [0, 0.05) is 24.0 Å². The van der Waals surface area contributed by atoms with Crippen LogP contribution < -0.4 is 4.90 Å². The van der Waals surface area contributed by atoms with Crippen molar-refractivity contribution in [3.63, 3.8) is 0 Å². The lowest BCUT2D eigenvalue weighted by Crippen LogP contribution is -2.32. The van der Waals surface area contributed by atoms with Crippen LogP contribution in [0.3, 0.4) is 0 Å². The number of fused-ring (bicyclic) bond motifs is 1. The number of aromatic carboxylic acids is 1. The molecule has 5 heteroatoms. The van der Waals surface area contributed by atoms with Crippen molar-refractivity contribution in [2.24, 2.45) is 0 Å². The number of anilines is 1. The quantitative estimate of drug-likeness (QED) is 0.876. The molecule has 0 saturated carbocycles. The number of nitrogens with zero attached hydrogens (tertiary/aromatic N) is 2. The molecule has 0 radical (unpaired) electrons. The van der Waals surface area contributed by atoms with Crippen LogP contribution in [0, 0.1) is 0 Å². The summed E-state index contributed by atoms with van der Waals surface area (Å²) in [6, 6.07) is 7.16. The van der Waals surface area contributed by atoms with Gasteiger partial charge in [0.15, 0.2) is 0 Å². The monoisotopic (exact) mass is 260 g/mol. The van der Waals surface area contributed by atoms with Gasteiger partial charge in [-0.3, -0.25) is 0 Å². The third-order valence-electron chi connectivity index (χ3n) is 3.26. The Kier molecular flexibility index (Phi) is 3.66. The number of carboxylic acids is 1. The molecule has 1 aromatic heterocycles. The number of hydrogen-bond acceptors (Lipinski definition) is 4. The maximum atomic E-state index is 11.2. The zero-order valence-corrected chi connectivity index (χ0v) is 10.9. The van der Waals surface area contributed by atoms with E-state index in [1.165, 1.54) is 6.20 Å². The Bertz CT molecular complexity index is 613. The number of rotatable bonds is 4. The van der Waals surface area contributed by atoms with Gasteiger partial charge in [0.05, 0.1) is 18.2 Å². The van der Waals surface area contributed by atoms with Crippen molar-refractivity contribution in [2.75, 3.05) is 18.6 Å². The standard InChI is InChI=1S/C14H16N2O3/c1-9(8-17)16(2)13-11-6-4-3-5-10(11)12(7-15-13)14(18)19/h3-7,9,17H,8H2,1-2H3,(H,18,19). The van der Waals surface area contributed by atoms with Crippen LogP contribution in [-0.4, -0.2) is 40.9 Å². The molecule has 1 aromatic carbocycles. The van der Waals surface area contributed by atoms with E-state index in [1.807, 2.05) is 31.0 Å². The maximum absolute atomic E-state index is 11.2. The number of aliphatic hydroxyl groups excluding tert-OH is 1. The summed E-state index contributed by atoms with van der Waals surface area (Å²) in [7, 11) is 1.83. The van der Waals surface area contributed by atoms with Crippen LogP contribution in [0.15, 0.2) is 30.5 Å². The molecule has 0 aliphatic rings. The first-order valence-corrected chi connectivity index (χ1v) is 6.01. The Labute approximate surface area is 111 Å². The van der Waals surface area contributed by atoms with Gasteiger partial charge >= 0.3 is 5.97 Å². The number of aromatic nitrogens is 1. The van der Waals surface area contributed by atoms with E-state index in [2.05, 4.69) is 4.98 Å². The van der Waals surface area contributed by atoms with Gasteiger partial charge in [0.1, 0.15) is 5.82 Å². The SMILES string of the molecule is CC(CO)N(C)c1ncc(C(=O)O)c2ccccc12. The van der Waals surface area contributed by atoms with Crippen LogP contribution >= 0.6 is 0 Å². The van der Waals surface area contributed by atoms with Crippen molar-refractivity contribution in [3.05, 3.63) is 36.0 Å². The Morgan fingerprint density at radius 2 is 2.00 bits per heavy atom. The molecular weight excluding hydrogens is 244 g/mol. The van der Waals surface area contributed by atoms with Gasteiger partial charge in [0.2, 0.25) is 0 Å². The fourth-order valence-corrected chi connectivity index (χ4v) is 1.96. The molecule has 1 unspecified atom stereocenters. The van der Waals surface area contributed by atoms with Gasteiger partial charge in [-0.05, 0) is 6.92 Å². The van der Waals surface area contributed by atoms with Gasteiger partial charge in [-0.2, -0.15) is 0 Å². The first-order chi connectivity index (χ1) is 9.06. The minimum Gasteiger partial charge on any atom is -0.478 e. The predicted octanol–water partition coefficient (Wildman–Crippen LogP) is 1.75. The smallest absolute Gasteiger partial charge is 0.337 e. The molecule has 100 valence electrons. The molecule has 0 aliphatic carbocycles.